The molecule has 7 heteroatoms. The smallest absolute Gasteiger partial charge is 0.191 e. The molecule has 29 heavy (non-hydrogen) atoms. The maximum Gasteiger partial charge on any atom is 0.191 e. The number of nitrogens with zero attached hydrogens (tertiary/aromatic N) is 3. The zero-order valence-electron chi connectivity index (χ0n) is 17.7. The Bertz CT molecular complexity index is 896. The Morgan fingerprint density at radius 1 is 1.28 bits per heavy atom. The molecule has 156 valence electrons. The lowest BCUT2D eigenvalue weighted by Crippen LogP contribution is -2.44. The van der Waals surface area contributed by atoms with Crippen LogP contribution in [0.2, 0.25) is 0 Å². The summed E-state index contributed by atoms with van der Waals surface area (Å²) in [5.74, 6) is 1.82. The van der Waals surface area contributed by atoms with Crippen LogP contribution in [0, 0.1) is 13.8 Å². The second kappa shape index (κ2) is 10.3. The third-order valence-corrected chi connectivity index (χ3v) is 5.94. The molecule has 0 aliphatic carbocycles. The minimum absolute atomic E-state index is 0.244. The van der Waals surface area contributed by atoms with Crippen molar-refractivity contribution >= 4 is 17.3 Å². The molecule has 0 aromatic carbocycles. The molecule has 0 aliphatic rings. The first-order valence-corrected chi connectivity index (χ1v) is 11.0. The van der Waals surface area contributed by atoms with Crippen molar-refractivity contribution < 1.29 is 4.42 Å². The van der Waals surface area contributed by atoms with Crippen LogP contribution in [0.4, 0.5) is 0 Å². The van der Waals surface area contributed by atoms with E-state index in [4.69, 9.17) is 9.41 Å². The summed E-state index contributed by atoms with van der Waals surface area (Å²) in [6, 6.07) is 8.41. The van der Waals surface area contributed by atoms with Gasteiger partial charge in [-0.3, -0.25) is 9.67 Å². The molecule has 0 bridgehead atoms. The lowest BCUT2D eigenvalue weighted by molar-refractivity contribution is 0.506. The average Bonchev–Trinajstić information content (AvgIpc) is 3.42. The summed E-state index contributed by atoms with van der Waals surface area (Å²) in [6.45, 7) is 7.92. The van der Waals surface area contributed by atoms with E-state index in [0.717, 1.165) is 49.8 Å². The van der Waals surface area contributed by atoms with Gasteiger partial charge in [0.25, 0.3) is 0 Å². The van der Waals surface area contributed by atoms with Crippen LogP contribution < -0.4 is 10.6 Å². The Morgan fingerprint density at radius 2 is 2.14 bits per heavy atom. The maximum absolute atomic E-state index is 5.43. The molecule has 3 rings (SSSR count). The minimum Gasteiger partial charge on any atom is -0.469 e. The van der Waals surface area contributed by atoms with Crippen molar-refractivity contribution in [3.63, 3.8) is 0 Å². The van der Waals surface area contributed by atoms with E-state index < -0.39 is 0 Å². The zero-order valence-corrected chi connectivity index (χ0v) is 18.6. The molecule has 0 radical (unpaired) electrons. The Labute approximate surface area is 177 Å². The van der Waals surface area contributed by atoms with E-state index >= 15 is 0 Å². The van der Waals surface area contributed by atoms with E-state index in [9.17, 15) is 0 Å². The molecule has 0 saturated heterocycles. The Balaban J connectivity index is 1.59. The summed E-state index contributed by atoms with van der Waals surface area (Å²) in [7, 11) is 2.00. The van der Waals surface area contributed by atoms with E-state index in [-0.39, 0.29) is 6.04 Å². The number of rotatable bonds is 9. The highest BCUT2D eigenvalue weighted by Gasteiger charge is 2.14. The van der Waals surface area contributed by atoms with E-state index in [1.807, 2.05) is 23.9 Å². The van der Waals surface area contributed by atoms with Gasteiger partial charge in [-0.1, -0.05) is 6.07 Å². The van der Waals surface area contributed by atoms with Gasteiger partial charge >= 0.3 is 0 Å². The normalized spacial score (nSPS) is 12.9. The highest BCUT2D eigenvalue weighted by molar-refractivity contribution is 7.09. The summed E-state index contributed by atoms with van der Waals surface area (Å²) in [4.78, 5) is 6.16. The summed E-state index contributed by atoms with van der Waals surface area (Å²) < 4.78 is 7.38. The fourth-order valence-electron chi connectivity index (χ4n) is 3.35. The van der Waals surface area contributed by atoms with Crippen molar-refractivity contribution in [2.24, 2.45) is 12.0 Å². The van der Waals surface area contributed by atoms with E-state index in [1.165, 1.54) is 16.1 Å². The lowest BCUT2D eigenvalue weighted by Gasteiger charge is -2.18. The largest absolute Gasteiger partial charge is 0.469 e. The van der Waals surface area contributed by atoms with Crippen molar-refractivity contribution in [3.05, 3.63) is 63.5 Å². The van der Waals surface area contributed by atoms with Crippen LogP contribution in [0.5, 0.6) is 0 Å². The van der Waals surface area contributed by atoms with Crippen molar-refractivity contribution in [1.29, 1.82) is 0 Å². The van der Waals surface area contributed by atoms with Crippen molar-refractivity contribution in [3.8, 4) is 0 Å². The molecule has 3 heterocycles. The molecule has 3 aromatic rings. The molecule has 1 unspecified atom stereocenters. The quantitative estimate of drug-likeness (QED) is 0.415. The van der Waals surface area contributed by atoms with Gasteiger partial charge in [0.15, 0.2) is 5.96 Å². The molecule has 0 spiro atoms. The molecule has 6 nitrogen and oxygen atoms in total. The van der Waals surface area contributed by atoms with Gasteiger partial charge in [-0.05, 0) is 56.3 Å². The van der Waals surface area contributed by atoms with E-state index in [1.54, 1.807) is 17.6 Å². The van der Waals surface area contributed by atoms with Crippen LogP contribution >= 0.6 is 11.3 Å². The standard InChI is InChI=1S/C22H31N5OS/c1-16(15-21-17(2)26-27(4)18(21)3)25-22(23-11-9-19-7-5-13-28-19)24-12-10-20-8-6-14-29-20/h5-8,13-14,16H,9-12,15H2,1-4H3,(H2,23,24,25). The number of nitrogens with one attached hydrogen (secondary N) is 2. The topological polar surface area (TPSA) is 67.4 Å². The van der Waals surface area contributed by atoms with Gasteiger partial charge in [-0.25, -0.2) is 0 Å². The third-order valence-electron chi connectivity index (χ3n) is 5.00. The van der Waals surface area contributed by atoms with Gasteiger partial charge in [0, 0.05) is 49.6 Å². The third kappa shape index (κ3) is 6.22. The first-order chi connectivity index (χ1) is 14.0. The fourth-order valence-corrected chi connectivity index (χ4v) is 4.05. The number of furan rings is 1. The number of aryl methyl sites for hydroxylation is 2. The molecule has 0 amide bonds. The maximum atomic E-state index is 5.43. The number of aliphatic imine (C=N–C) groups is 1. The van der Waals surface area contributed by atoms with Crippen LogP contribution in [-0.4, -0.2) is 34.9 Å². The highest BCUT2D eigenvalue weighted by Crippen LogP contribution is 2.14. The van der Waals surface area contributed by atoms with Gasteiger partial charge < -0.3 is 15.1 Å². The van der Waals surface area contributed by atoms with Crippen LogP contribution in [-0.2, 0) is 26.3 Å². The predicted molar refractivity (Wildman–Crippen MR) is 120 cm³/mol. The molecule has 0 saturated carbocycles. The molecular weight excluding hydrogens is 382 g/mol. The zero-order chi connectivity index (χ0) is 20.6. The van der Waals surface area contributed by atoms with E-state index in [0.29, 0.717) is 0 Å². The molecule has 0 aliphatic heterocycles. The molecule has 3 aromatic heterocycles. The number of thiophene rings is 1. The van der Waals surface area contributed by atoms with Crippen LogP contribution in [0.15, 0.2) is 45.3 Å². The molecule has 2 N–H and O–H groups in total. The van der Waals surface area contributed by atoms with Crippen LogP contribution in [0.25, 0.3) is 0 Å². The summed E-state index contributed by atoms with van der Waals surface area (Å²) >= 11 is 1.78. The van der Waals surface area contributed by atoms with E-state index in [2.05, 4.69) is 54.0 Å². The predicted octanol–water partition coefficient (Wildman–Crippen LogP) is 3.64. The van der Waals surface area contributed by atoms with Gasteiger partial charge in [0.1, 0.15) is 5.76 Å². The number of hydrogen-bond acceptors (Lipinski definition) is 4. The summed E-state index contributed by atoms with van der Waals surface area (Å²) in [5.41, 5.74) is 3.62. The van der Waals surface area contributed by atoms with Crippen LogP contribution in [0.3, 0.4) is 0 Å². The molecule has 1 atom stereocenters. The van der Waals surface area contributed by atoms with Crippen molar-refractivity contribution in [2.45, 2.75) is 46.1 Å². The van der Waals surface area contributed by atoms with Gasteiger partial charge in [0.05, 0.1) is 12.0 Å². The first kappa shape index (κ1) is 21.2. The average molecular weight is 414 g/mol. The van der Waals surface area contributed by atoms with Gasteiger partial charge in [-0.2, -0.15) is 5.10 Å². The number of aromatic nitrogens is 2. The monoisotopic (exact) mass is 413 g/mol. The Morgan fingerprint density at radius 3 is 2.79 bits per heavy atom. The van der Waals surface area contributed by atoms with Crippen molar-refractivity contribution in [1.82, 2.24) is 20.4 Å². The van der Waals surface area contributed by atoms with Gasteiger partial charge in [0.2, 0.25) is 0 Å². The second-order valence-corrected chi connectivity index (χ2v) is 8.37. The SMILES string of the molecule is Cc1nn(C)c(C)c1CC(C)NC(=NCCc1cccs1)NCCc1ccco1. The minimum atomic E-state index is 0.244. The first-order valence-electron chi connectivity index (χ1n) is 10.1. The van der Waals surface area contributed by atoms with Crippen molar-refractivity contribution in [2.75, 3.05) is 13.1 Å². The fraction of sp³-hybridized carbons (Fsp3) is 0.455. The highest BCUT2D eigenvalue weighted by atomic mass is 32.1. The Kier molecular flexibility index (Phi) is 7.52. The number of guanidine groups is 1. The summed E-state index contributed by atoms with van der Waals surface area (Å²) in [5, 5.41) is 13.7. The lowest BCUT2D eigenvalue weighted by atomic mass is 10.1. The summed E-state index contributed by atoms with van der Waals surface area (Å²) in [6.07, 6.45) is 4.41. The van der Waals surface area contributed by atoms with Gasteiger partial charge in [-0.15, -0.1) is 11.3 Å². The molecule has 0 fully saturated rings. The Hall–Kier alpha value is -2.54. The second-order valence-electron chi connectivity index (χ2n) is 7.34. The number of hydrogen-bond donors (Lipinski definition) is 2. The van der Waals surface area contributed by atoms with Crippen LogP contribution in [0.1, 0.15) is 34.5 Å². The molecular formula is C22H31N5OS.